The molecule has 0 radical (unpaired) electrons. The monoisotopic (exact) mass is 284 g/mol. The summed E-state index contributed by atoms with van der Waals surface area (Å²) in [6.45, 7) is 2.65. The van der Waals surface area contributed by atoms with Crippen molar-refractivity contribution in [3.8, 4) is 0 Å². The van der Waals surface area contributed by atoms with Crippen LogP contribution in [0.1, 0.15) is 42.1 Å². The van der Waals surface area contributed by atoms with Crippen LogP contribution in [0.5, 0.6) is 0 Å². The van der Waals surface area contributed by atoms with E-state index in [9.17, 15) is 4.79 Å². The number of esters is 1. The van der Waals surface area contributed by atoms with Gasteiger partial charge >= 0.3 is 5.97 Å². The van der Waals surface area contributed by atoms with Crippen LogP contribution in [0.15, 0.2) is 24.3 Å². The van der Waals surface area contributed by atoms with Gasteiger partial charge in [0.15, 0.2) is 0 Å². The van der Waals surface area contributed by atoms with E-state index >= 15 is 0 Å². The summed E-state index contributed by atoms with van der Waals surface area (Å²) >= 11 is 3.36. The molecule has 3 heteroatoms. The summed E-state index contributed by atoms with van der Waals surface area (Å²) in [7, 11) is 0. The third-order valence-corrected chi connectivity index (χ3v) is 2.95. The molecule has 0 aliphatic carbocycles. The Morgan fingerprint density at radius 1 is 1.38 bits per heavy atom. The first-order chi connectivity index (χ1) is 7.77. The van der Waals surface area contributed by atoms with Gasteiger partial charge in [-0.1, -0.05) is 47.8 Å². The van der Waals surface area contributed by atoms with E-state index in [4.69, 9.17) is 4.74 Å². The van der Waals surface area contributed by atoms with Crippen molar-refractivity contribution in [1.82, 2.24) is 0 Å². The zero-order valence-corrected chi connectivity index (χ0v) is 11.1. The molecule has 2 nitrogen and oxygen atoms in total. The maximum Gasteiger partial charge on any atom is 0.338 e. The van der Waals surface area contributed by atoms with Gasteiger partial charge in [-0.15, -0.1) is 0 Å². The van der Waals surface area contributed by atoms with Crippen molar-refractivity contribution in [2.24, 2.45) is 0 Å². The number of benzene rings is 1. The summed E-state index contributed by atoms with van der Waals surface area (Å²) < 4.78 is 5.18. The highest BCUT2D eigenvalue weighted by molar-refractivity contribution is 9.08. The van der Waals surface area contributed by atoms with Crippen LogP contribution in [0, 0.1) is 0 Å². The Bertz CT molecular complexity index is 336. The fourth-order valence-electron chi connectivity index (χ4n) is 1.38. The van der Waals surface area contributed by atoms with Crippen molar-refractivity contribution >= 4 is 21.9 Å². The minimum absolute atomic E-state index is 0.223. The molecule has 0 aromatic heterocycles. The minimum Gasteiger partial charge on any atom is -0.462 e. The molecule has 0 amide bonds. The Morgan fingerprint density at radius 2 is 2.19 bits per heavy atom. The molecule has 0 aliphatic rings. The molecular formula is C13H17BrO2. The molecule has 0 saturated carbocycles. The van der Waals surface area contributed by atoms with Crippen LogP contribution < -0.4 is 0 Å². The molecule has 0 atom stereocenters. The number of hydrogen-bond donors (Lipinski definition) is 0. The largest absolute Gasteiger partial charge is 0.462 e. The second-order valence-electron chi connectivity index (χ2n) is 3.68. The summed E-state index contributed by atoms with van der Waals surface area (Å²) in [6, 6.07) is 7.49. The SMILES string of the molecule is CCCCCOC(=O)c1cccc(CBr)c1. The molecule has 0 aliphatic heterocycles. The second-order valence-corrected chi connectivity index (χ2v) is 4.24. The molecule has 0 unspecified atom stereocenters. The van der Waals surface area contributed by atoms with Crippen molar-refractivity contribution in [3.63, 3.8) is 0 Å². The second kappa shape index (κ2) is 7.44. The van der Waals surface area contributed by atoms with Gasteiger partial charge in [0.25, 0.3) is 0 Å². The number of unbranched alkanes of at least 4 members (excludes halogenated alkanes) is 2. The van der Waals surface area contributed by atoms with Crippen molar-refractivity contribution in [2.75, 3.05) is 6.61 Å². The molecule has 0 saturated heterocycles. The first-order valence-electron chi connectivity index (χ1n) is 5.60. The predicted molar refractivity (Wildman–Crippen MR) is 68.9 cm³/mol. The van der Waals surface area contributed by atoms with Crippen LogP contribution in [0.4, 0.5) is 0 Å². The van der Waals surface area contributed by atoms with Crippen LogP contribution in [-0.4, -0.2) is 12.6 Å². The molecule has 0 N–H and O–H groups in total. The quantitative estimate of drug-likeness (QED) is 0.450. The van der Waals surface area contributed by atoms with E-state index in [1.807, 2.05) is 18.2 Å². The van der Waals surface area contributed by atoms with Crippen molar-refractivity contribution in [1.29, 1.82) is 0 Å². The fourth-order valence-corrected chi connectivity index (χ4v) is 1.73. The van der Waals surface area contributed by atoms with E-state index in [0.29, 0.717) is 12.2 Å². The number of rotatable bonds is 6. The van der Waals surface area contributed by atoms with Gasteiger partial charge in [-0.25, -0.2) is 4.79 Å². The molecular weight excluding hydrogens is 268 g/mol. The Hall–Kier alpha value is -0.830. The highest BCUT2D eigenvalue weighted by Crippen LogP contribution is 2.10. The highest BCUT2D eigenvalue weighted by atomic mass is 79.9. The van der Waals surface area contributed by atoms with Crippen LogP contribution in [-0.2, 0) is 10.1 Å². The Kier molecular flexibility index (Phi) is 6.16. The summed E-state index contributed by atoms with van der Waals surface area (Å²) in [6.07, 6.45) is 3.19. The Morgan fingerprint density at radius 3 is 2.88 bits per heavy atom. The van der Waals surface area contributed by atoms with E-state index in [-0.39, 0.29) is 5.97 Å². The minimum atomic E-state index is -0.223. The van der Waals surface area contributed by atoms with E-state index < -0.39 is 0 Å². The van der Waals surface area contributed by atoms with Gasteiger partial charge in [-0.05, 0) is 24.1 Å². The number of alkyl halides is 1. The van der Waals surface area contributed by atoms with E-state index in [1.165, 1.54) is 0 Å². The third-order valence-electron chi connectivity index (χ3n) is 2.30. The predicted octanol–water partition coefficient (Wildman–Crippen LogP) is 3.93. The summed E-state index contributed by atoms with van der Waals surface area (Å²) in [5, 5.41) is 0.754. The molecule has 1 aromatic carbocycles. The number of hydrogen-bond acceptors (Lipinski definition) is 2. The van der Waals surface area contributed by atoms with E-state index in [2.05, 4.69) is 22.9 Å². The van der Waals surface area contributed by atoms with Gasteiger partial charge in [0.1, 0.15) is 0 Å². The van der Waals surface area contributed by atoms with E-state index in [1.54, 1.807) is 6.07 Å². The molecule has 0 fully saturated rings. The molecule has 1 aromatic rings. The molecule has 88 valence electrons. The normalized spacial score (nSPS) is 10.1. The number of carbonyl (C=O) groups is 1. The Balaban J connectivity index is 2.46. The topological polar surface area (TPSA) is 26.3 Å². The number of carbonyl (C=O) groups excluding carboxylic acids is 1. The van der Waals surface area contributed by atoms with Crippen molar-refractivity contribution in [3.05, 3.63) is 35.4 Å². The average molecular weight is 285 g/mol. The number of ether oxygens (including phenoxy) is 1. The van der Waals surface area contributed by atoms with Crippen molar-refractivity contribution in [2.45, 2.75) is 31.5 Å². The Labute approximate surface area is 105 Å². The van der Waals surface area contributed by atoms with Crippen molar-refractivity contribution < 1.29 is 9.53 Å². The van der Waals surface area contributed by atoms with E-state index in [0.717, 1.165) is 30.2 Å². The van der Waals surface area contributed by atoms with Gasteiger partial charge < -0.3 is 4.74 Å². The van der Waals surface area contributed by atoms with Crippen LogP contribution in [0.25, 0.3) is 0 Å². The standard InChI is InChI=1S/C13H17BrO2/c1-2-3-4-8-16-13(15)12-7-5-6-11(9-12)10-14/h5-7,9H,2-4,8,10H2,1H3. The van der Waals surface area contributed by atoms with Crippen LogP contribution >= 0.6 is 15.9 Å². The molecule has 1 rings (SSSR count). The molecule has 0 heterocycles. The van der Waals surface area contributed by atoms with Gasteiger partial charge in [0.05, 0.1) is 12.2 Å². The fraction of sp³-hybridized carbons (Fsp3) is 0.462. The number of halogens is 1. The van der Waals surface area contributed by atoms with Crippen LogP contribution in [0.2, 0.25) is 0 Å². The average Bonchev–Trinajstić information content (AvgIpc) is 2.34. The van der Waals surface area contributed by atoms with Gasteiger partial charge in [-0.3, -0.25) is 0 Å². The third kappa shape index (κ3) is 4.35. The first-order valence-corrected chi connectivity index (χ1v) is 6.72. The molecule has 0 bridgehead atoms. The lowest BCUT2D eigenvalue weighted by molar-refractivity contribution is 0.0498. The zero-order chi connectivity index (χ0) is 11.8. The molecule has 16 heavy (non-hydrogen) atoms. The summed E-state index contributed by atoms with van der Waals surface area (Å²) in [5.41, 5.74) is 1.72. The highest BCUT2D eigenvalue weighted by Gasteiger charge is 2.06. The smallest absolute Gasteiger partial charge is 0.338 e. The summed E-state index contributed by atoms with van der Waals surface area (Å²) in [5.74, 6) is -0.223. The van der Waals surface area contributed by atoms with Crippen LogP contribution in [0.3, 0.4) is 0 Å². The lowest BCUT2D eigenvalue weighted by atomic mass is 10.1. The lowest BCUT2D eigenvalue weighted by Gasteiger charge is -2.05. The maximum absolute atomic E-state index is 11.6. The molecule has 0 spiro atoms. The summed E-state index contributed by atoms with van der Waals surface area (Å²) in [4.78, 5) is 11.6. The lowest BCUT2D eigenvalue weighted by Crippen LogP contribution is -2.06. The van der Waals surface area contributed by atoms with Gasteiger partial charge in [0.2, 0.25) is 0 Å². The van der Waals surface area contributed by atoms with Gasteiger partial charge in [-0.2, -0.15) is 0 Å². The first kappa shape index (κ1) is 13.2. The van der Waals surface area contributed by atoms with Gasteiger partial charge in [0, 0.05) is 5.33 Å². The zero-order valence-electron chi connectivity index (χ0n) is 9.54. The maximum atomic E-state index is 11.6.